The van der Waals surface area contributed by atoms with Gasteiger partial charge in [0.15, 0.2) is 5.78 Å². The van der Waals surface area contributed by atoms with E-state index >= 15 is 0 Å². The maximum Gasteiger partial charge on any atom is 0.250 e. The lowest BCUT2D eigenvalue weighted by atomic mass is 9.59. The normalized spacial score (nSPS) is 29.6. The molecule has 1 aromatic rings. The van der Waals surface area contributed by atoms with Crippen molar-refractivity contribution in [1.29, 1.82) is 0 Å². The molecule has 7 N–H and O–H groups in total. The van der Waals surface area contributed by atoms with E-state index in [0.29, 0.717) is 25.0 Å². The third-order valence-corrected chi connectivity index (χ3v) is 8.60. The first-order chi connectivity index (χ1) is 17.0. The van der Waals surface area contributed by atoms with Gasteiger partial charge < -0.3 is 26.2 Å². The highest BCUT2D eigenvalue weighted by Crippen LogP contribution is 2.57. The van der Waals surface area contributed by atoms with Crippen LogP contribution < -0.4 is 11.2 Å². The minimum atomic E-state index is -1.66. The molecular weight excluding hydrogens is 485 g/mol. The summed E-state index contributed by atoms with van der Waals surface area (Å²) < 4.78 is 0. The van der Waals surface area contributed by atoms with Crippen molar-refractivity contribution in [3.63, 3.8) is 0 Å². The largest absolute Gasteiger partial charge is 0.511 e. The standard InChI is InChI=1S/C25H32N3O7P/c1-4-7-35-27-10-11-5-6-15(29)17-13(11)8-12-9-14-19(28(2)3)21(31)18(24(26)34)23(33)25(14,36)22(32)16(12)20(17)30/h4-6,12,14,19,23,27,29,31-33H,1,7-10,36H2,2-3H3,(H2,26,34)/t12-,14-,19-,23?,25-/m0/s1. The van der Waals surface area contributed by atoms with E-state index in [-0.39, 0.29) is 34.9 Å². The second kappa shape index (κ2) is 9.61. The number of rotatable bonds is 7. The molecule has 0 spiro atoms. The zero-order valence-electron chi connectivity index (χ0n) is 20.2. The van der Waals surface area contributed by atoms with Gasteiger partial charge in [-0.3, -0.25) is 19.3 Å². The summed E-state index contributed by atoms with van der Waals surface area (Å²) in [6.45, 7) is 4.16. The fraction of sp³-hybridized carbons (Fsp3) is 0.440. The van der Waals surface area contributed by atoms with Gasteiger partial charge in [0, 0.05) is 18.0 Å². The van der Waals surface area contributed by atoms with Crippen molar-refractivity contribution in [2.24, 2.45) is 17.6 Å². The molecule has 10 nitrogen and oxygen atoms in total. The summed E-state index contributed by atoms with van der Waals surface area (Å²) in [6.07, 6.45) is 0.593. The zero-order valence-corrected chi connectivity index (χ0v) is 21.3. The van der Waals surface area contributed by atoms with E-state index in [0.717, 1.165) is 5.56 Å². The van der Waals surface area contributed by atoms with E-state index in [1.165, 1.54) is 6.07 Å². The molecule has 0 radical (unpaired) electrons. The molecule has 4 rings (SSSR count). The van der Waals surface area contributed by atoms with E-state index in [2.05, 4.69) is 21.3 Å². The number of benzene rings is 1. The molecule has 0 aliphatic heterocycles. The number of aromatic hydroxyl groups is 1. The number of amides is 1. The lowest BCUT2D eigenvalue weighted by Gasteiger charge is -2.54. The summed E-state index contributed by atoms with van der Waals surface area (Å²) in [4.78, 5) is 32.9. The van der Waals surface area contributed by atoms with Gasteiger partial charge in [0.25, 0.3) is 5.91 Å². The number of fused-ring (bicyclic) bond motifs is 3. The van der Waals surface area contributed by atoms with Crippen LogP contribution in [0.5, 0.6) is 5.75 Å². The number of nitrogens with two attached hydrogens (primary N) is 1. The zero-order chi connectivity index (χ0) is 26.5. The minimum absolute atomic E-state index is 0.0823. The lowest BCUT2D eigenvalue weighted by molar-refractivity contribution is -0.116. The van der Waals surface area contributed by atoms with Crippen molar-refractivity contribution in [2.75, 3.05) is 20.7 Å². The van der Waals surface area contributed by atoms with Crippen molar-refractivity contribution in [3.05, 3.63) is 64.1 Å². The molecule has 6 atom stereocenters. The van der Waals surface area contributed by atoms with Crippen LogP contribution in [0.25, 0.3) is 0 Å². The first-order valence-corrected chi connectivity index (χ1v) is 12.2. The number of allylic oxidation sites excluding steroid dienone is 1. The van der Waals surface area contributed by atoms with E-state index in [1.54, 1.807) is 31.1 Å². The van der Waals surface area contributed by atoms with Crippen LogP contribution in [0.3, 0.4) is 0 Å². The van der Waals surface area contributed by atoms with Crippen molar-refractivity contribution in [1.82, 2.24) is 10.4 Å². The Kier molecular flexibility index (Phi) is 7.02. The average molecular weight is 518 g/mol. The summed E-state index contributed by atoms with van der Waals surface area (Å²) in [5.74, 6) is -3.52. The van der Waals surface area contributed by atoms with E-state index in [4.69, 9.17) is 10.6 Å². The van der Waals surface area contributed by atoms with Crippen LogP contribution in [0.1, 0.15) is 27.9 Å². The Hall–Kier alpha value is -2.75. The quantitative estimate of drug-likeness (QED) is 0.134. The van der Waals surface area contributed by atoms with Crippen LogP contribution in [0, 0.1) is 11.8 Å². The monoisotopic (exact) mass is 517 g/mol. The molecule has 11 heteroatoms. The molecule has 194 valence electrons. The molecule has 3 aliphatic carbocycles. The summed E-state index contributed by atoms with van der Waals surface area (Å²) in [6, 6.07) is 2.39. The summed E-state index contributed by atoms with van der Waals surface area (Å²) in [5, 5.41) is 42.8. The van der Waals surface area contributed by atoms with Crippen molar-refractivity contribution in [3.8, 4) is 5.75 Å². The molecule has 0 fully saturated rings. The number of nitrogens with zero attached hydrogens (tertiary/aromatic N) is 1. The van der Waals surface area contributed by atoms with Gasteiger partial charge in [0.1, 0.15) is 23.4 Å². The maximum absolute atomic E-state index is 13.7. The highest BCUT2D eigenvalue weighted by Gasteiger charge is 2.61. The first kappa shape index (κ1) is 26.3. The Morgan fingerprint density at radius 3 is 2.67 bits per heavy atom. The predicted molar refractivity (Wildman–Crippen MR) is 135 cm³/mol. The molecule has 1 aromatic carbocycles. The van der Waals surface area contributed by atoms with Crippen LogP contribution in [-0.4, -0.2) is 75.0 Å². The van der Waals surface area contributed by atoms with Crippen LogP contribution >= 0.6 is 9.24 Å². The summed E-state index contributed by atoms with van der Waals surface area (Å²) in [7, 11) is 5.85. The number of nitrogens with one attached hydrogen (secondary N) is 1. The number of carbonyl (C=O) groups excluding carboxylic acids is 2. The fourth-order valence-corrected chi connectivity index (χ4v) is 6.62. The molecular formula is C25H32N3O7P. The smallest absolute Gasteiger partial charge is 0.250 e. The summed E-state index contributed by atoms with van der Waals surface area (Å²) >= 11 is 0. The Labute approximate surface area is 211 Å². The van der Waals surface area contributed by atoms with Gasteiger partial charge in [-0.15, -0.1) is 15.8 Å². The number of ketones is 1. The number of hydroxylamine groups is 1. The number of phenolic OH excluding ortho intramolecular Hbond substituents is 1. The third-order valence-electron chi connectivity index (χ3n) is 7.59. The Balaban J connectivity index is 1.85. The first-order valence-electron chi connectivity index (χ1n) is 11.6. The molecule has 0 heterocycles. The van der Waals surface area contributed by atoms with Crippen molar-refractivity contribution >= 4 is 20.9 Å². The predicted octanol–water partition coefficient (Wildman–Crippen LogP) is 1.00. The van der Waals surface area contributed by atoms with Crippen LogP contribution in [-0.2, 0) is 22.6 Å². The Bertz CT molecular complexity index is 1190. The average Bonchev–Trinajstić information content (AvgIpc) is 2.80. The fourth-order valence-electron chi connectivity index (χ4n) is 5.98. The minimum Gasteiger partial charge on any atom is -0.511 e. The number of aliphatic hydroxyl groups is 3. The van der Waals surface area contributed by atoms with E-state index in [1.807, 2.05) is 0 Å². The molecule has 36 heavy (non-hydrogen) atoms. The molecule has 2 unspecified atom stereocenters. The number of hydrogen-bond acceptors (Lipinski definition) is 9. The number of phenols is 1. The van der Waals surface area contributed by atoms with Gasteiger partial charge in [-0.25, -0.2) is 0 Å². The van der Waals surface area contributed by atoms with Gasteiger partial charge in [0.2, 0.25) is 0 Å². The second-order valence-corrected chi connectivity index (χ2v) is 10.7. The molecule has 3 aliphatic rings. The van der Waals surface area contributed by atoms with Crippen molar-refractivity contribution in [2.45, 2.75) is 36.7 Å². The molecule has 0 saturated carbocycles. The van der Waals surface area contributed by atoms with Gasteiger partial charge in [0.05, 0.1) is 28.9 Å². The molecule has 0 bridgehead atoms. The Morgan fingerprint density at radius 2 is 2.06 bits per heavy atom. The van der Waals surface area contributed by atoms with E-state index in [9.17, 15) is 30.0 Å². The Morgan fingerprint density at radius 1 is 1.36 bits per heavy atom. The van der Waals surface area contributed by atoms with Gasteiger partial charge in [-0.1, -0.05) is 12.1 Å². The topological polar surface area (TPSA) is 166 Å². The van der Waals surface area contributed by atoms with Crippen LogP contribution in [0.2, 0.25) is 0 Å². The SMILES string of the molecule is C=CCONCc1ccc(O)c2c1C[C@H]1C[C@H]3[C@H](N(C)C)C(O)=C(C(N)=O)C(O)[C@@]3(P)C(O)=C1C2=O. The highest BCUT2D eigenvalue weighted by atomic mass is 31.0. The maximum atomic E-state index is 13.7. The lowest BCUT2D eigenvalue weighted by Crippen LogP contribution is -2.62. The second-order valence-electron chi connectivity index (χ2n) is 9.76. The number of aliphatic hydroxyl groups excluding tert-OH is 3. The number of Topliss-reactive ketones (excluding diaryl/α,β-unsaturated/α-hetero) is 1. The molecule has 0 saturated heterocycles. The van der Waals surface area contributed by atoms with E-state index < -0.39 is 46.4 Å². The molecule has 0 aromatic heterocycles. The highest BCUT2D eigenvalue weighted by molar-refractivity contribution is 7.19. The van der Waals surface area contributed by atoms with Gasteiger partial charge >= 0.3 is 0 Å². The van der Waals surface area contributed by atoms with Crippen LogP contribution in [0.4, 0.5) is 0 Å². The number of carbonyl (C=O) groups is 2. The van der Waals surface area contributed by atoms with Crippen molar-refractivity contribution < 1.29 is 34.9 Å². The van der Waals surface area contributed by atoms with Gasteiger partial charge in [-0.05, 0) is 50.0 Å². The van der Waals surface area contributed by atoms with Crippen LogP contribution in [0.15, 0.2) is 47.5 Å². The number of hydrogen-bond donors (Lipinski definition) is 6. The van der Waals surface area contributed by atoms with Gasteiger partial charge in [-0.2, -0.15) is 5.48 Å². The molecule has 1 amide bonds. The number of likely N-dealkylation sites (N-methyl/N-ethyl adjacent to an activating group) is 1. The summed E-state index contributed by atoms with van der Waals surface area (Å²) in [5.41, 5.74) is 9.48. The number of primary amides is 1. The third kappa shape index (κ3) is 3.84.